The van der Waals surface area contributed by atoms with E-state index in [1.54, 1.807) is 6.07 Å². The normalized spacial score (nSPS) is 17.3. The molecule has 0 N–H and O–H groups in total. The van der Waals surface area contributed by atoms with Gasteiger partial charge in [-0.25, -0.2) is 4.39 Å². The van der Waals surface area contributed by atoms with E-state index in [0.717, 1.165) is 37.2 Å². The van der Waals surface area contributed by atoms with Crippen molar-refractivity contribution in [2.75, 3.05) is 19.6 Å². The lowest BCUT2D eigenvalue weighted by Gasteiger charge is -2.21. The first-order chi connectivity index (χ1) is 8.72. The highest BCUT2D eigenvalue weighted by Gasteiger charge is 2.24. The van der Waals surface area contributed by atoms with E-state index in [0.29, 0.717) is 6.54 Å². The van der Waals surface area contributed by atoms with Gasteiger partial charge in [-0.15, -0.1) is 0 Å². The Bertz CT molecular complexity index is 456. The minimum absolute atomic E-state index is 0.0294. The van der Waals surface area contributed by atoms with Gasteiger partial charge in [-0.3, -0.25) is 4.90 Å². The largest absolute Gasteiger partial charge is 0.488 e. The highest BCUT2D eigenvalue weighted by Crippen LogP contribution is 2.29. The summed E-state index contributed by atoms with van der Waals surface area (Å²) < 4.78 is 18.9. The Morgan fingerprint density at radius 2 is 2.39 bits per heavy atom. The standard InChI is InChI=1S/C14H17FN2O/c1-2-6-17(7-5-16)10-13-9-11-8-12(15)3-4-14(11)18-13/h3-4,8,13H,2,6-7,9-10H2,1H3. The summed E-state index contributed by atoms with van der Waals surface area (Å²) in [5.74, 6) is 0.551. The number of rotatable bonds is 5. The fraction of sp³-hybridized carbons (Fsp3) is 0.500. The van der Waals surface area contributed by atoms with Crippen LogP contribution in [0.25, 0.3) is 0 Å². The Kier molecular flexibility index (Phi) is 4.16. The van der Waals surface area contributed by atoms with Crippen LogP contribution in [0.15, 0.2) is 18.2 Å². The number of benzene rings is 1. The number of hydrogen-bond donors (Lipinski definition) is 0. The molecule has 1 aliphatic rings. The molecule has 4 heteroatoms. The number of nitrogens with zero attached hydrogens (tertiary/aromatic N) is 2. The van der Waals surface area contributed by atoms with Crippen LogP contribution in [0.3, 0.4) is 0 Å². The Hall–Kier alpha value is -1.60. The molecular formula is C14H17FN2O. The van der Waals surface area contributed by atoms with Crippen LogP contribution in [0.4, 0.5) is 4.39 Å². The van der Waals surface area contributed by atoms with Gasteiger partial charge in [0, 0.05) is 18.5 Å². The maximum absolute atomic E-state index is 13.1. The summed E-state index contributed by atoms with van der Waals surface area (Å²) in [6, 6.07) is 6.80. The maximum atomic E-state index is 13.1. The molecular weight excluding hydrogens is 231 g/mol. The van der Waals surface area contributed by atoms with Gasteiger partial charge in [-0.05, 0) is 31.2 Å². The summed E-state index contributed by atoms with van der Waals surface area (Å²) in [7, 11) is 0. The minimum atomic E-state index is -0.222. The molecule has 0 spiro atoms. The zero-order valence-corrected chi connectivity index (χ0v) is 10.5. The van der Waals surface area contributed by atoms with Crippen LogP contribution >= 0.6 is 0 Å². The van der Waals surface area contributed by atoms with Crippen LogP contribution in [-0.2, 0) is 6.42 Å². The van der Waals surface area contributed by atoms with E-state index in [-0.39, 0.29) is 11.9 Å². The summed E-state index contributed by atoms with van der Waals surface area (Å²) >= 11 is 0. The fourth-order valence-electron chi connectivity index (χ4n) is 2.33. The monoisotopic (exact) mass is 248 g/mol. The molecule has 1 aliphatic heterocycles. The Morgan fingerprint density at radius 3 is 3.11 bits per heavy atom. The molecule has 0 radical (unpaired) electrons. The fourth-order valence-corrected chi connectivity index (χ4v) is 2.33. The molecule has 0 bridgehead atoms. The van der Waals surface area contributed by atoms with E-state index in [2.05, 4.69) is 17.9 Å². The van der Waals surface area contributed by atoms with Gasteiger partial charge >= 0.3 is 0 Å². The molecule has 1 aromatic carbocycles. The summed E-state index contributed by atoms with van der Waals surface area (Å²) in [6.45, 7) is 4.11. The molecule has 1 heterocycles. The number of fused-ring (bicyclic) bond motifs is 1. The van der Waals surface area contributed by atoms with Crippen LogP contribution in [0.2, 0.25) is 0 Å². The van der Waals surface area contributed by atoms with Crippen molar-refractivity contribution in [1.82, 2.24) is 4.90 Å². The second-order valence-corrected chi connectivity index (χ2v) is 4.59. The van der Waals surface area contributed by atoms with Crippen molar-refractivity contribution in [2.24, 2.45) is 0 Å². The molecule has 3 nitrogen and oxygen atoms in total. The topological polar surface area (TPSA) is 36.3 Å². The van der Waals surface area contributed by atoms with Gasteiger partial charge < -0.3 is 4.74 Å². The van der Waals surface area contributed by atoms with E-state index in [4.69, 9.17) is 10.00 Å². The maximum Gasteiger partial charge on any atom is 0.123 e. The first kappa shape index (κ1) is 12.8. The lowest BCUT2D eigenvalue weighted by Crippen LogP contribution is -2.35. The van der Waals surface area contributed by atoms with Crippen molar-refractivity contribution in [3.8, 4) is 11.8 Å². The molecule has 0 amide bonds. The van der Waals surface area contributed by atoms with E-state index >= 15 is 0 Å². The van der Waals surface area contributed by atoms with Gasteiger partial charge in [0.2, 0.25) is 0 Å². The highest BCUT2D eigenvalue weighted by molar-refractivity contribution is 5.37. The number of hydrogen-bond acceptors (Lipinski definition) is 3. The molecule has 2 rings (SSSR count). The van der Waals surface area contributed by atoms with E-state index in [9.17, 15) is 4.39 Å². The van der Waals surface area contributed by atoms with Crippen molar-refractivity contribution in [3.05, 3.63) is 29.6 Å². The Morgan fingerprint density at radius 1 is 1.56 bits per heavy atom. The van der Waals surface area contributed by atoms with Crippen LogP contribution in [0.5, 0.6) is 5.75 Å². The van der Waals surface area contributed by atoms with Crippen LogP contribution in [0.1, 0.15) is 18.9 Å². The van der Waals surface area contributed by atoms with Gasteiger partial charge in [0.25, 0.3) is 0 Å². The first-order valence-electron chi connectivity index (χ1n) is 6.27. The van der Waals surface area contributed by atoms with Gasteiger partial charge in [-0.2, -0.15) is 5.26 Å². The van der Waals surface area contributed by atoms with Crippen molar-refractivity contribution in [1.29, 1.82) is 5.26 Å². The Balaban J connectivity index is 1.96. The molecule has 1 aromatic rings. The van der Waals surface area contributed by atoms with Crippen LogP contribution < -0.4 is 4.74 Å². The highest BCUT2D eigenvalue weighted by atomic mass is 19.1. The SMILES string of the molecule is CCCN(CC#N)CC1Cc2cc(F)ccc2O1. The molecule has 96 valence electrons. The molecule has 0 saturated carbocycles. The molecule has 0 aromatic heterocycles. The van der Waals surface area contributed by atoms with E-state index in [1.807, 2.05) is 0 Å². The second-order valence-electron chi connectivity index (χ2n) is 4.59. The molecule has 1 unspecified atom stereocenters. The van der Waals surface area contributed by atoms with Gasteiger partial charge in [0.05, 0.1) is 12.6 Å². The van der Waals surface area contributed by atoms with Crippen molar-refractivity contribution < 1.29 is 9.13 Å². The first-order valence-corrected chi connectivity index (χ1v) is 6.27. The summed E-state index contributed by atoms with van der Waals surface area (Å²) in [5, 5.41) is 8.77. The lowest BCUT2D eigenvalue weighted by atomic mass is 10.1. The van der Waals surface area contributed by atoms with Gasteiger partial charge in [0.1, 0.15) is 17.7 Å². The predicted octanol–water partition coefficient (Wildman–Crippen LogP) is 2.36. The zero-order chi connectivity index (χ0) is 13.0. The number of halogens is 1. The lowest BCUT2D eigenvalue weighted by molar-refractivity contribution is 0.160. The van der Waals surface area contributed by atoms with E-state index in [1.165, 1.54) is 12.1 Å². The van der Waals surface area contributed by atoms with Crippen molar-refractivity contribution in [2.45, 2.75) is 25.9 Å². The third kappa shape index (κ3) is 2.99. The molecule has 0 fully saturated rings. The van der Waals surface area contributed by atoms with Gasteiger partial charge in [0.15, 0.2) is 0 Å². The predicted molar refractivity (Wildman–Crippen MR) is 66.9 cm³/mol. The molecule has 0 saturated heterocycles. The average Bonchev–Trinajstić information content (AvgIpc) is 2.71. The molecule has 1 atom stereocenters. The minimum Gasteiger partial charge on any atom is -0.488 e. The third-order valence-corrected chi connectivity index (χ3v) is 3.06. The number of ether oxygens (including phenoxy) is 1. The Labute approximate surface area is 107 Å². The van der Waals surface area contributed by atoms with Crippen LogP contribution in [0, 0.1) is 17.1 Å². The zero-order valence-electron chi connectivity index (χ0n) is 10.5. The van der Waals surface area contributed by atoms with Crippen LogP contribution in [-0.4, -0.2) is 30.6 Å². The van der Waals surface area contributed by atoms with Crippen molar-refractivity contribution >= 4 is 0 Å². The summed E-state index contributed by atoms with van der Waals surface area (Å²) in [6.07, 6.45) is 1.76. The smallest absolute Gasteiger partial charge is 0.123 e. The van der Waals surface area contributed by atoms with Gasteiger partial charge in [-0.1, -0.05) is 6.92 Å². The van der Waals surface area contributed by atoms with Crippen molar-refractivity contribution in [3.63, 3.8) is 0 Å². The van der Waals surface area contributed by atoms with E-state index < -0.39 is 0 Å². The number of nitriles is 1. The quantitative estimate of drug-likeness (QED) is 0.750. The third-order valence-electron chi connectivity index (χ3n) is 3.06. The molecule has 0 aliphatic carbocycles. The average molecular weight is 248 g/mol. The molecule has 18 heavy (non-hydrogen) atoms. The second kappa shape index (κ2) is 5.83. The summed E-state index contributed by atoms with van der Waals surface area (Å²) in [4.78, 5) is 2.08. The summed E-state index contributed by atoms with van der Waals surface area (Å²) in [5.41, 5.74) is 0.924.